The largest absolute Gasteiger partial charge is 0.382 e. The van der Waals surface area contributed by atoms with Crippen molar-refractivity contribution in [3.8, 4) is 28.7 Å². The minimum absolute atomic E-state index is 0.153. The average Bonchev–Trinajstić information content (AvgIpc) is 3.22. The van der Waals surface area contributed by atoms with Crippen molar-refractivity contribution in [3.63, 3.8) is 0 Å². The van der Waals surface area contributed by atoms with Crippen molar-refractivity contribution in [2.24, 2.45) is 0 Å². The van der Waals surface area contributed by atoms with E-state index in [-0.39, 0.29) is 17.4 Å². The van der Waals surface area contributed by atoms with Crippen LogP contribution in [0, 0.1) is 0 Å². The summed E-state index contributed by atoms with van der Waals surface area (Å²) in [6.45, 7) is 0. The molecule has 0 saturated heterocycles. The second kappa shape index (κ2) is 6.19. The number of nitrogen functional groups attached to an aromatic ring is 1. The zero-order valence-electron chi connectivity index (χ0n) is 12.6. The molecule has 0 radical (unpaired) electrons. The number of nitrogens with two attached hydrogens (primary N) is 1. The summed E-state index contributed by atoms with van der Waals surface area (Å²) >= 11 is 12.2. The van der Waals surface area contributed by atoms with Gasteiger partial charge in [-0.2, -0.15) is 9.67 Å². The molecule has 124 valence electrons. The maximum atomic E-state index is 6.15. The molecule has 2 heterocycles. The topological polar surface area (TPSA) is 95.7 Å². The van der Waals surface area contributed by atoms with Gasteiger partial charge in [-0.25, -0.2) is 0 Å². The van der Waals surface area contributed by atoms with Gasteiger partial charge >= 0.3 is 0 Å². The highest BCUT2D eigenvalue weighted by molar-refractivity contribution is 6.33. The molecule has 25 heavy (non-hydrogen) atoms. The minimum atomic E-state index is 0.153. The Morgan fingerprint density at radius 2 is 1.88 bits per heavy atom. The highest BCUT2D eigenvalue weighted by Gasteiger charge is 2.20. The summed E-state index contributed by atoms with van der Waals surface area (Å²) in [6.07, 6.45) is 0. The van der Waals surface area contributed by atoms with Gasteiger partial charge in [0.25, 0.3) is 5.89 Å². The molecule has 2 N–H and O–H groups in total. The SMILES string of the molecule is Nc1c(-c2nc(-c3ccccc3Cl)no2)nnn1-c1cccc(Cl)c1. The first kappa shape index (κ1) is 15.6. The standard InChI is InChI=1S/C16H10Cl2N6O/c17-9-4-3-5-10(8-9)24-14(19)13(21-23-24)16-20-15(22-25-16)11-6-1-2-7-12(11)18/h1-8H,19H2. The van der Waals surface area contributed by atoms with Crippen LogP contribution in [0.15, 0.2) is 53.1 Å². The molecule has 4 aromatic rings. The Bertz CT molecular complexity index is 1060. The van der Waals surface area contributed by atoms with E-state index in [2.05, 4.69) is 20.5 Å². The fourth-order valence-electron chi connectivity index (χ4n) is 2.31. The van der Waals surface area contributed by atoms with Crippen LogP contribution < -0.4 is 5.73 Å². The molecule has 0 amide bonds. The van der Waals surface area contributed by atoms with Crippen molar-refractivity contribution in [1.29, 1.82) is 0 Å². The molecule has 0 aliphatic heterocycles. The summed E-state index contributed by atoms with van der Waals surface area (Å²) in [5.74, 6) is 0.759. The van der Waals surface area contributed by atoms with Crippen molar-refractivity contribution >= 4 is 29.0 Å². The fraction of sp³-hybridized carbons (Fsp3) is 0. The van der Waals surface area contributed by atoms with E-state index >= 15 is 0 Å². The molecule has 2 aromatic heterocycles. The lowest BCUT2D eigenvalue weighted by atomic mass is 10.2. The van der Waals surface area contributed by atoms with Crippen molar-refractivity contribution in [2.45, 2.75) is 0 Å². The molecule has 4 rings (SSSR count). The molecule has 9 heteroatoms. The number of nitrogens with zero attached hydrogens (tertiary/aromatic N) is 5. The zero-order chi connectivity index (χ0) is 17.4. The summed E-state index contributed by atoms with van der Waals surface area (Å²) in [7, 11) is 0. The summed E-state index contributed by atoms with van der Waals surface area (Å²) in [5.41, 5.74) is 7.75. The first-order valence-electron chi connectivity index (χ1n) is 7.19. The van der Waals surface area contributed by atoms with Crippen LogP contribution in [0.5, 0.6) is 0 Å². The first-order chi connectivity index (χ1) is 12.1. The Hall–Kier alpha value is -2.90. The van der Waals surface area contributed by atoms with Crippen LogP contribution in [-0.4, -0.2) is 25.1 Å². The van der Waals surface area contributed by atoms with Crippen LogP contribution in [-0.2, 0) is 0 Å². The number of halogens is 2. The molecule has 0 saturated carbocycles. The van der Waals surface area contributed by atoms with Crippen LogP contribution in [0.1, 0.15) is 0 Å². The van der Waals surface area contributed by atoms with Gasteiger partial charge in [0, 0.05) is 10.6 Å². The second-order valence-corrected chi connectivity index (χ2v) is 5.96. The number of rotatable bonds is 3. The second-order valence-electron chi connectivity index (χ2n) is 5.12. The van der Waals surface area contributed by atoms with Gasteiger partial charge in [-0.1, -0.05) is 51.8 Å². The van der Waals surface area contributed by atoms with Crippen LogP contribution >= 0.6 is 23.2 Å². The van der Waals surface area contributed by atoms with Crippen LogP contribution in [0.25, 0.3) is 28.7 Å². The summed E-state index contributed by atoms with van der Waals surface area (Å²) < 4.78 is 6.72. The van der Waals surface area contributed by atoms with Crippen molar-refractivity contribution in [1.82, 2.24) is 25.1 Å². The molecule has 2 aromatic carbocycles. The Kier molecular flexibility index (Phi) is 3.87. The molecule has 0 spiro atoms. The average molecular weight is 373 g/mol. The third-order valence-electron chi connectivity index (χ3n) is 3.50. The number of aromatic nitrogens is 5. The smallest absolute Gasteiger partial charge is 0.282 e. The van der Waals surface area contributed by atoms with E-state index in [1.807, 2.05) is 18.2 Å². The number of hydrogen-bond donors (Lipinski definition) is 1. The van der Waals surface area contributed by atoms with Gasteiger partial charge in [0.05, 0.1) is 10.7 Å². The molecule has 0 atom stereocenters. The zero-order valence-corrected chi connectivity index (χ0v) is 14.1. The lowest BCUT2D eigenvalue weighted by Gasteiger charge is -2.02. The maximum absolute atomic E-state index is 6.15. The van der Waals surface area contributed by atoms with Crippen LogP contribution in [0.3, 0.4) is 0 Å². The highest BCUT2D eigenvalue weighted by atomic mass is 35.5. The number of anilines is 1. The predicted molar refractivity (Wildman–Crippen MR) is 94.5 cm³/mol. The van der Waals surface area contributed by atoms with E-state index in [0.717, 1.165) is 0 Å². The molecule has 0 fully saturated rings. The van der Waals surface area contributed by atoms with Crippen molar-refractivity contribution in [3.05, 3.63) is 58.6 Å². The summed E-state index contributed by atoms with van der Waals surface area (Å²) in [6, 6.07) is 14.3. The normalized spacial score (nSPS) is 11.0. The van der Waals surface area contributed by atoms with E-state index in [4.69, 9.17) is 33.5 Å². The molecule has 7 nitrogen and oxygen atoms in total. The number of hydrogen-bond acceptors (Lipinski definition) is 6. The Labute approximate surface area is 152 Å². The predicted octanol–water partition coefficient (Wildman–Crippen LogP) is 3.87. The third-order valence-corrected chi connectivity index (χ3v) is 4.07. The van der Waals surface area contributed by atoms with E-state index in [1.54, 1.807) is 30.3 Å². The molecule has 0 aliphatic rings. The van der Waals surface area contributed by atoms with Gasteiger partial charge in [0.1, 0.15) is 0 Å². The first-order valence-corrected chi connectivity index (χ1v) is 7.95. The van der Waals surface area contributed by atoms with Gasteiger partial charge in [-0.15, -0.1) is 5.10 Å². The monoisotopic (exact) mass is 372 g/mol. The lowest BCUT2D eigenvalue weighted by Crippen LogP contribution is -2.02. The van der Waals surface area contributed by atoms with Gasteiger partial charge in [-0.3, -0.25) is 0 Å². The Balaban J connectivity index is 1.74. The summed E-state index contributed by atoms with van der Waals surface area (Å²) in [4.78, 5) is 4.31. The van der Waals surface area contributed by atoms with Crippen LogP contribution in [0.4, 0.5) is 5.82 Å². The quantitative estimate of drug-likeness (QED) is 0.586. The minimum Gasteiger partial charge on any atom is -0.382 e. The molecular formula is C16H10Cl2N6O. The maximum Gasteiger partial charge on any atom is 0.282 e. The molecule has 0 aliphatic carbocycles. The molecule has 0 unspecified atom stereocenters. The van der Waals surface area contributed by atoms with Crippen molar-refractivity contribution < 1.29 is 4.52 Å². The van der Waals surface area contributed by atoms with Gasteiger partial charge in [0.2, 0.25) is 5.82 Å². The summed E-state index contributed by atoms with van der Waals surface area (Å²) in [5, 5.41) is 13.1. The highest BCUT2D eigenvalue weighted by Crippen LogP contribution is 2.29. The fourth-order valence-corrected chi connectivity index (χ4v) is 2.72. The van der Waals surface area contributed by atoms with Gasteiger partial charge in [0.15, 0.2) is 11.5 Å². The van der Waals surface area contributed by atoms with Gasteiger partial charge < -0.3 is 10.3 Å². The molecular weight excluding hydrogens is 363 g/mol. The van der Waals surface area contributed by atoms with E-state index in [9.17, 15) is 0 Å². The number of benzene rings is 2. The van der Waals surface area contributed by atoms with E-state index < -0.39 is 0 Å². The van der Waals surface area contributed by atoms with E-state index in [0.29, 0.717) is 27.1 Å². The third kappa shape index (κ3) is 2.84. The van der Waals surface area contributed by atoms with E-state index in [1.165, 1.54) is 4.68 Å². The van der Waals surface area contributed by atoms with Gasteiger partial charge in [-0.05, 0) is 30.3 Å². The molecule has 0 bridgehead atoms. The lowest BCUT2D eigenvalue weighted by molar-refractivity contribution is 0.431. The van der Waals surface area contributed by atoms with Crippen molar-refractivity contribution in [2.75, 3.05) is 5.73 Å². The Morgan fingerprint density at radius 1 is 1.04 bits per heavy atom. The Morgan fingerprint density at radius 3 is 2.68 bits per heavy atom. The van der Waals surface area contributed by atoms with Crippen LogP contribution in [0.2, 0.25) is 10.0 Å².